The molecule has 0 spiro atoms. The summed E-state index contributed by atoms with van der Waals surface area (Å²) in [6.07, 6.45) is 2.14. The molecule has 33 heavy (non-hydrogen) atoms. The van der Waals surface area contributed by atoms with Gasteiger partial charge in [-0.3, -0.25) is 4.79 Å². The van der Waals surface area contributed by atoms with Crippen molar-refractivity contribution < 1.29 is 13.2 Å². The zero-order valence-corrected chi connectivity index (χ0v) is 18.3. The largest absolute Gasteiger partial charge is 0.322 e. The third kappa shape index (κ3) is 4.26. The van der Waals surface area contributed by atoms with Gasteiger partial charge in [0.15, 0.2) is 0 Å². The Kier molecular flexibility index (Phi) is 5.45. The first-order valence-corrected chi connectivity index (χ1v) is 11.8. The monoisotopic (exact) mass is 460 g/mol. The molecule has 3 aromatic carbocycles. The molecule has 0 aliphatic carbocycles. The maximum atomic E-state index is 13.3. The average molecular weight is 461 g/mol. The van der Waals surface area contributed by atoms with Gasteiger partial charge in [-0.2, -0.15) is 4.31 Å². The number of tetrazole rings is 1. The van der Waals surface area contributed by atoms with Crippen LogP contribution in [-0.4, -0.2) is 45.4 Å². The number of anilines is 1. The summed E-state index contributed by atoms with van der Waals surface area (Å²) in [5.41, 5.74) is 3.75. The zero-order valence-electron chi connectivity index (χ0n) is 17.5. The van der Waals surface area contributed by atoms with Crippen LogP contribution in [0.4, 0.5) is 5.69 Å². The minimum absolute atomic E-state index is 0.101. The molecule has 10 heteroatoms. The molecule has 1 amide bonds. The highest BCUT2D eigenvalue weighted by Gasteiger charge is 2.28. The third-order valence-electron chi connectivity index (χ3n) is 5.57. The Hall–Kier alpha value is -3.89. The zero-order chi connectivity index (χ0) is 22.8. The molecule has 166 valence electrons. The van der Waals surface area contributed by atoms with E-state index < -0.39 is 15.9 Å². The summed E-state index contributed by atoms with van der Waals surface area (Å²) in [5, 5.41) is 13.8. The third-order valence-corrected chi connectivity index (χ3v) is 7.41. The Bertz CT molecular complexity index is 1400. The molecule has 0 radical (unpaired) electrons. The number of nitrogens with zero attached hydrogens (tertiary/aromatic N) is 5. The fraction of sp³-hybridized carbons (Fsp3) is 0.130. The van der Waals surface area contributed by atoms with Crippen molar-refractivity contribution in [3.8, 4) is 5.69 Å². The normalized spacial score (nSPS) is 13.9. The van der Waals surface area contributed by atoms with Crippen LogP contribution in [0.25, 0.3) is 5.69 Å². The van der Waals surface area contributed by atoms with E-state index in [1.165, 1.54) is 33.0 Å². The predicted octanol–water partition coefficient (Wildman–Crippen LogP) is 2.66. The molecule has 0 saturated carbocycles. The second-order valence-electron chi connectivity index (χ2n) is 7.64. The Morgan fingerprint density at radius 2 is 1.73 bits per heavy atom. The van der Waals surface area contributed by atoms with Crippen LogP contribution in [0.15, 0.2) is 84.0 Å². The second-order valence-corrected chi connectivity index (χ2v) is 9.58. The van der Waals surface area contributed by atoms with Crippen molar-refractivity contribution in [3.63, 3.8) is 0 Å². The van der Waals surface area contributed by atoms with E-state index in [0.717, 1.165) is 11.3 Å². The molecule has 0 saturated heterocycles. The van der Waals surface area contributed by atoms with Gasteiger partial charge in [0.05, 0.1) is 10.6 Å². The minimum atomic E-state index is -3.73. The standard InChI is InChI=1S/C23H20N6O3S/c30-23(25-20-8-10-21(11-9-20)29-16-24-26-27-29)18-6-3-7-22(14-18)33(31,32)28-13-12-17-4-1-2-5-19(17)15-28/h1-11,14,16H,12-13,15H2,(H,25,30). The summed E-state index contributed by atoms with van der Waals surface area (Å²) < 4.78 is 29.5. The van der Waals surface area contributed by atoms with Gasteiger partial charge >= 0.3 is 0 Å². The van der Waals surface area contributed by atoms with E-state index in [1.807, 2.05) is 24.3 Å². The molecule has 0 atom stereocenters. The number of rotatable bonds is 5. The number of hydrogen-bond acceptors (Lipinski definition) is 6. The van der Waals surface area contributed by atoms with Crippen molar-refractivity contribution in [1.29, 1.82) is 0 Å². The van der Waals surface area contributed by atoms with Crippen LogP contribution >= 0.6 is 0 Å². The maximum Gasteiger partial charge on any atom is 0.255 e. The number of aromatic nitrogens is 4. The van der Waals surface area contributed by atoms with Gasteiger partial charge in [-0.25, -0.2) is 13.1 Å². The van der Waals surface area contributed by atoms with Gasteiger partial charge in [-0.05, 0) is 70.4 Å². The minimum Gasteiger partial charge on any atom is -0.322 e. The average Bonchev–Trinajstić information content (AvgIpc) is 3.39. The Labute approximate surface area is 190 Å². The molecule has 4 aromatic rings. The molecular weight excluding hydrogens is 440 g/mol. The molecule has 1 aliphatic heterocycles. The van der Waals surface area contributed by atoms with Crippen molar-refractivity contribution in [3.05, 3.63) is 95.8 Å². The topological polar surface area (TPSA) is 110 Å². The number of amides is 1. The molecule has 0 unspecified atom stereocenters. The number of sulfonamides is 1. The van der Waals surface area contributed by atoms with Crippen molar-refractivity contribution in [2.24, 2.45) is 0 Å². The summed E-state index contributed by atoms with van der Waals surface area (Å²) in [5.74, 6) is -0.397. The fourth-order valence-corrected chi connectivity index (χ4v) is 5.27. The fourth-order valence-electron chi connectivity index (χ4n) is 3.80. The number of benzene rings is 3. The number of hydrogen-bond donors (Lipinski definition) is 1. The molecular formula is C23H20N6O3S. The quantitative estimate of drug-likeness (QED) is 0.490. The van der Waals surface area contributed by atoms with Crippen LogP contribution in [0.1, 0.15) is 21.5 Å². The van der Waals surface area contributed by atoms with Crippen LogP contribution in [0.3, 0.4) is 0 Å². The van der Waals surface area contributed by atoms with Crippen LogP contribution in [0.2, 0.25) is 0 Å². The predicted molar refractivity (Wildman–Crippen MR) is 121 cm³/mol. The summed E-state index contributed by atoms with van der Waals surface area (Å²) in [7, 11) is -3.73. The Morgan fingerprint density at radius 3 is 2.48 bits per heavy atom. The molecule has 2 heterocycles. The van der Waals surface area contributed by atoms with E-state index in [-0.39, 0.29) is 10.5 Å². The lowest BCUT2D eigenvalue weighted by molar-refractivity contribution is 0.102. The van der Waals surface area contributed by atoms with Crippen molar-refractivity contribution in [1.82, 2.24) is 24.5 Å². The molecule has 5 rings (SSSR count). The summed E-state index contributed by atoms with van der Waals surface area (Å²) in [4.78, 5) is 12.9. The van der Waals surface area contributed by atoms with Gasteiger partial charge in [-0.15, -0.1) is 5.10 Å². The highest BCUT2D eigenvalue weighted by Crippen LogP contribution is 2.25. The lowest BCUT2D eigenvalue weighted by Gasteiger charge is -2.28. The van der Waals surface area contributed by atoms with Crippen LogP contribution in [0, 0.1) is 0 Å². The number of fused-ring (bicyclic) bond motifs is 1. The maximum absolute atomic E-state index is 13.3. The first-order chi connectivity index (χ1) is 16.0. The summed E-state index contributed by atoms with van der Waals surface area (Å²) in [6, 6.07) is 20.9. The number of carbonyl (C=O) groups is 1. The Morgan fingerprint density at radius 1 is 0.939 bits per heavy atom. The summed E-state index contributed by atoms with van der Waals surface area (Å²) >= 11 is 0. The van der Waals surface area contributed by atoms with Crippen molar-refractivity contribution >= 4 is 21.6 Å². The van der Waals surface area contributed by atoms with Gasteiger partial charge in [0, 0.05) is 24.3 Å². The van der Waals surface area contributed by atoms with Crippen LogP contribution < -0.4 is 5.32 Å². The number of nitrogens with one attached hydrogen (secondary N) is 1. The Balaban J connectivity index is 1.33. The highest BCUT2D eigenvalue weighted by atomic mass is 32.2. The van der Waals surface area contributed by atoms with Gasteiger partial charge in [0.25, 0.3) is 5.91 Å². The van der Waals surface area contributed by atoms with Gasteiger partial charge in [-0.1, -0.05) is 30.3 Å². The van der Waals surface area contributed by atoms with Gasteiger partial charge < -0.3 is 5.32 Å². The lowest BCUT2D eigenvalue weighted by Crippen LogP contribution is -2.36. The molecule has 9 nitrogen and oxygen atoms in total. The van der Waals surface area contributed by atoms with E-state index in [9.17, 15) is 13.2 Å². The molecule has 1 N–H and O–H groups in total. The van der Waals surface area contributed by atoms with Gasteiger partial charge in [0.2, 0.25) is 10.0 Å². The van der Waals surface area contributed by atoms with Crippen molar-refractivity contribution in [2.75, 3.05) is 11.9 Å². The van der Waals surface area contributed by atoms with Crippen LogP contribution in [-0.2, 0) is 23.0 Å². The molecule has 1 aromatic heterocycles. The molecule has 0 bridgehead atoms. The van der Waals surface area contributed by atoms with E-state index in [0.29, 0.717) is 25.2 Å². The van der Waals surface area contributed by atoms with E-state index in [4.69, 9.17) is 0 Å². The SMILES string of the molecule is O=C(Nc1ccc(-n2cnnn2)cc1)c1cccc(S(=O)(=O)N2CCc3ccccc3C2)c1. The second kappa shape index (κ2) is 8.57. The van der Waals surface area contributed by atoms with E-state index >= 15 is 0 Å². The van der Waals surface area contributed by atoms with E-state index in [1.54, 1.807) is 36.4 Å². The molecule has 1 aliphatic rings. The first-order valence-electron chi connectivity index (χ1n) is 10.3. The summed E-state index contributed by atoms with van der Waals surface area (Å²) in [6.45, 7) is 0.728. The van der Waals surface area contributed by atoms with Gasteiger partial charge in [0.1, 0.15) is 6.33 Å². The van der Waals surface area contributed by atoms with E-state index in [2.05, 4.69) is 20.8 Å². The van der Waals surface area contributed by atoms with Crippen molar-refractivity contribution in [2.45, 2.75) is 17.9 Å². The highest BCUT2D eigenvalue weighted by molar-refractivity contribution is 7.89. The smallest absolute Gasteiger partial charge is 0.255 e. The molecule has 0 fully saturated rings. The lowest BCUT2D eigenvalue weighted by atomic mass is 10.0. The first kappa shape index (κ1) is 21.0. The number of carbonyl (C=O) groups excluding carboxylic acids is 1. The van der Waals surface area contributed by atoms with Crippen LogP contribution in [0.5, 0.6) is 0 Å².